The number of amides is 1. The van der Waals surface area contributed by atoms with Crippen LogP contribution >= 0.6 is 0 Å². The molecular formula is C22H29N3O8. The number of nitro benzene ring substituents is 1. The molecule has 0 aromatic heterocycles. The minimum absolute atomic E-state index is 0.130. The van der Waals surface area contributed by atoms with Crippen LogP contribution in [-0.2, 0) is 14.3 Å². The molecule has 33 heavy (non-hydrogen) atoms. The number of carbonyl (C=O) groups excluding carboxylic acids is 2. The van der Waals surface area contributed by atoms with Gasteiger partial charge in [0.15, 0.2) is 11.5 Å². The number of nitro groups is 1. The van der Waals surface area contributed by atoms with Gasteiger partial charge >= 0.3 is 12.1 Å². The molecule has 11 nitrogen and oxygen atoms in total. The second kappa shape index (κ2) is 11.3. The highest BCUT2D eigenvalue weighted by Gasteiger charge is 2.25. The molecule has 1 aliphatic carbocycles. The van der Waals surface area contributed by atoms with Gasteiger partial charge in [0.25, 0.3) is 5.69 Å². The number of hydrogen-bond acceptors (Lipinski definition) is 9. The van der Waals surface area contributed by atoms with Crippen LogP contribution in [0.25, 0.3) is 0 Å². The number of allylic oxidation sites excluding steroid dienone is 3. The van der Waals surface area contributed by atoms with Crippen LogP contribution in [0.3, 0.4) is 0 Å². The molecule has 0 heterocycles. The standard InChI is InChI=1S/C22H29N3O8/c1-14(23-24-21(27)33-22(2,3)4)16-12-18(30-5)19(13-17(16)25(28)29)31-11-7-10-20(26)32-15-8-6-9-15/h6,8-9,12-14,23H,7,10-11H2,1-5H3,(H,24,27). The summed E-state index contributed by atoms with van der Waals surface area (Å²) in [6.45, 7) is 6.92. The first-order chi connectivity index (χ1) is 15.5. The second-order valence-electron chi connectivity index (χ2n) is 8.17. The lowest BCUT2D eigenvalue weighted by Gasteiger charge is -2.22. The third kappa shape index (κ3) is 8.11. The Bertz CT molecular complexity index is 950. The average Bonchev–Trinajstić information content (AvgIpc) is 2.70. The predicted molar refractivity (Wildman–Crippen MR) is 119 cm³/mol. The van der Waals surface area contributed by atoms with Crippen LogP contribution in [0.5, 0.6) is 11.5 Å². The lowest BCUT2D eigenvalue weighted by molar-refractivity contribution is -0.385. The molecule has 2 rings (SSSR count). The minimum Gasteiger partial charge on any atom is -0.493 e. The van der Waals surface area contributed by atoms with Crippen LogP contribution in [0, 0.1) is 10.1 Å². The average molecular weight is 463 g/mol. The van der Waals surface area contributed by atoms with E-state index in [-0.39, 0.29) is 41.7 Å². The van der Waals surface area contributed by atoms with Gasteiger partial charge in [0.2, 0.25) is 0 Å². The van der Waals surface area contributed by atoms with Crippen LogP contribution in [0.15, 0.2) is 36.1 Å². The van der Waals surface area contributed by atoms with E-state index in [9.17, 15) is 19.7 Å². The molecule has 2 N–H and O–H groups in total. The normalized spacial score (nSPS) is 13.3. The number of methoxy groups -OCH3 is 1. The molecule has 1 aromatic rings. The molecule has 1 atom stereocenters. The van der Waals surface area contributed by atoms with Gasteiger partial charge in [0, 0.05) is 6.42 Å². The Morgan fingerprint density at radius 1 is 1.21 bits per heavy atom. The third-order valence-corrected chi connectivity index (χ3v) is 4.30. The van der Waals surface area contributed by atoms with Crippen molar-refractivity contribution in [3.8, 4) is 11.5 Å². The van der Waals surface area contributed by atoms with Gasteiger partial charge in [0.05, 0.1) is 36.3 Å². The summed E-state index contributed by atoms with van der Waals surface area (Å²) in [6.07, 6.45) is 4.89. The smallest absolute Gasteiger partial charge is 0.422 e. The molecule has 0 aliphatic heterocycles. The molecule has 0 saturated heterocycles. The van der Waals surface area contributed by atoms with Gasteiger partial charge < -0.3 is 18.9 Å². The van der Waals surface area contributed by atoms with Gasteiger partial charge in [-0.05, 0) is 52.3 Å². The van der Waals surface area contributed by atoms with E-state index in [1.165, 1.54) is 19.2 Å². The molecule has 11 heteroatoms. The van der Waals surface area contributed by atoms with Gasteiger partial charge in [0.1, 0.15) is 11.4 Å². The van der Waals surface area contributed by atoms with Gasteiger partial charge in [-0.15, -0.1) is 0 Å². The lowest BCUT2D eigenvalue weighted by Crippen LogP contribution is -2.42. The van der Waals surface area contributed by atoms with E-state index < -0.39 is 22.7 Å². The molecule has 0 radical (unpaired) electrons. The summed E-state index contributed by atoms with van der Waals surface area (Å²) in [5.41, 5.74) is 4.42. The first-order valence-corrected chi connectivity index (χ1v) is 10.3. The molecule has 1 unspecified atom stereocenters. The summed E-state index contributed by atoms with van der Waals surface area (Å²) in [7, 11) is 1.41. The largest absolute Gasteiger partial charge is 0.493 e. The molecule has 0 saturated carbocycles. The van der Waals surface area contributed by atoms with E-state index in [2.05, 4.69) is 10.9 Å². The molecule has 180 valence electrons. The van der Waals surface area contributed by atoms with Crippen LogP contribution in [0.2, 0.25) is 0 Å². The molecule has 0 bridgehead atoms. The quantitative estimate of drug-likeness (QED) is 0.217. The number of hydrogen-bond donors (Lipinski definition) is 2. The Balaban J connectivity index is 2.01. The van der Waals surface area contributed by atoms with Crippen LogP contribution < -0.4 is 20.3 Å². The molecular weight excluding hydrogens is 434 g/mol. The van der Waals surface area contributed by atoms with Crippen LogP contribution in [0.1, 0.15) is 52.1 Å². The van der Waals surface area contributed by atoms with Crippen LogP contribution in [-0.4, -0.2) is 36.3 Å². The SMILES string of the molecule is COc1cc(C(C)NNC(=O)OC(C)(C)C)c([N+](=O)[O-])cc1OCCCC(=O)OC1=CC=C1. The van der Waals surface area contributed by atoms with Crippen molar-refractivity contribution >= 4 is 17.7 Å². The second-order valence-corrected chi connectivity index (χ2v) is 8.17. The van der Waals surface area contributed by atoms with Crippen molar-refractivity contribution in [2.45, 2.75) is 52.2 Å². The molecule has 1 aliphatic rings. The van der Waals surface area contributed by atoms with Crippen molar-refractivity contribution in [1.82, 2.24) is 10.9 Å². The fourth-order valence-electron chi connectivity index (χ4n) is 2.71. The van der Waals surface area contributed by atoms with E-state index in [1.807, 2.05) is 0 Å². The summed E-state index contributed by atoms with van der Waals surface area (Å²) in [5.74, 6) is 0.560. The Morgan fingerprint density at radius 2 is 1.91 bits per heavy atom. The van der Waals surface area contributed by atoms with Gasteiger partial charge in [-0.1, -0.05) is 6.08 Å². The third-order valence-electron chi connectivity index (χ3n) is 4.30. The number of rotatable bonds is 11. The number of esters is 1. The van der Waals surface area contributed by atoms with E-state index in [1.54, 1.807) is 45.9 Å². The highest BCUT2D eigenvalue weighted by atomic mass is 16.6. The zero-order chi connectivity index (χ0) is 24.6. The van der Waals surface area contributed by atoms with Crippen molar-refractivity contribution in [2.24, 2.45) is 0 Å². The number of benzene rings is 1. The fourth-order valence-corrected chi connectivity index (χ4v) is 2.71. The summed E-state index contributed by atoms with van der Waals surface area (Å²) in [4.78, 5) is 34.7. The monoisotopic (exact) mass is 463 g/mol. The predicted octanol–water partition coefficient (Wildman–Crippen LogP) is 3.85. The molecule has 0 spiro atoms. The number of hydrazine groups is 1. The highest BCUT2D eigenvalue weighted by Crippen LogP contribution is 2.37. The maximum Gasteiger partial charge on any atom is 0.422 e. The zero-order valence-corrected chi connectivity index (χ0v) is 19.3. The van der Waals surface area contributed by atoms with Crippen molar-refractivity contribution in [2.75, 3.05) is 13.7 Å². The van der Waals surface area contributed by atoms with Gasteiger partial charge in [-0.2, -0.15) is 0 Å². The van der Waals surface area contributed by atoms with Gasteiger partial charge in [-0.25, -0.2) is 10.2 Å². The summed E-state index contributed by atoms with van der Waals surface area (Å²) in [6, 6.07) is 2.07. The zero-order valence-electron chi connectivity index (χ0n) is 19.3. The van der Waals surface area contributed by atoms with E-state index >= 15 is 0 Å². The minimum atomic E-state index is -0.716. The molecule has 1 aromatic carbocycles. The Morgan fingerprint density at radius 3 is 2.45 bits per heavy atom. The first kappa shape index (κ1) is 25.7. The summed E-state index contributed by atoms with van der Waals surface area (Å²) in [5, 5.41) is 11.7. The Hall–Kier alpha value is -3.60. The first-order valence-electron chi connectivity index (χ1n) is 10.3. The number of nitrogens with one attached hydrogen (secondary N) is 2. The maximum atomic E-state index is 11.9. The highest BCUT2D eigenvalue weighted by molar-refractivity contribution is 5.71. The topological polar surface area (TPSA) is 138 Å². The Labute approximate surface area is 191 Å². The lowest BCUT2D eigenvalue weighted by atomic mass is 10.1. The van der Waals surface area contributed by atoms with Crippen molar-refractivity contribution < 1.29 is 33.5 Å². The Kier molecular flexibility index (Phi) is 8.80. The van der Waals surface area contributed by atoms with E-state index in [4.69, 9.17) is 18.9 Å². The number of carbonyl (C=O) groups is 2. The van der Waals surface area contributed by atoms with Crippen molar-refractivity contribution in [3.63, 3.8) is 0 Å². The molecule has 0 fully saturated rings. The van der Waals surface area contributed by atoms with Gasteiger partial charge in [-0.3, -0.25) is 20.3 Å². The summed E-state index contributed by atoms with van der Waals surface area (Å²) >= 11 is 0. The number of nitrogens with zero attached hydrogens (tertiary/aromatic N) is 1. The van der Waals surface area contributed by atoms with Crippen molar-refractivity contribution in [3.05, 3.63) is 51.8 Å². The maximum absolute atomic E-state index is 11.9. The summed E-state index contributed by atoms with van der Waals surface area (Å²) < 4.78 is 21.1. The number of ether oxygens (including phenoxy) is 4. The van der Waals surface area contributed by atoms with E-state index in [0.29, 0.717) is 12.2 Å². The fraction of sp³-hybridized carbons (Fsp3) is 0.455. The van der Waals surface area contributed by atoms with Crippen molar-refractivity contribution in [1.29, 1.82) is 0 Å². The van der Waals surface area contributed by atoms with Crippen LogP contribution in [0.4, 0.5) is 10.5 Å². The van der Waals surface area contributed by atoms with E-state index in [0.717, 1.165) is 0 Å². The molecule has 1 amide bonds.